The van der Waals surface area contributed by atoms with E-state index in [1.54, 1.807) is 35.2 Å². The van der Waals surface area contributed by atoms with E-state index in [0.717, 1.165) is 24.8 Å². The first-order chi connectivity index (χ1) is 14.9. The Morgan fingerprint density at radius 1 is 0.903 bits per heavy atom. The third-order valence-electron chi connectivity index (χ3n) is 6.26. The number of hydrogen-bond donors (Lipinski definition) is 0. The molecule has 1 aromatic carbocycles. The molecule has 2 heterocycles. The average Bonchev–Trinajstić information content (AvgIpc) is 2.77. The molecule has 9 heteroatoms. The van der Waals surface area contributed by atoms with Gasteiger partial charge in [-0.1, -0.05) is 18.6 Å². The molecule has 0 N–H and O–H groups in total. The minimum absolute atomic E-state index is 0.0965. The molecule has 0 spiro atoms. The highest BCUT2D eigenvalue weighted by Gasteiger charge is 2.31. The smallest absolute Gasteiger partial charge is 0.246 e. The second-order valence-corrected chi connectivity index (χ2v) is 10.1. The first-order valence-corrected chi connectivity index (χ1v) is 12.3. The molecule has 2 aliphatic heterocycles. The van der Waals surface area contributed by atoms with Gasteiger partial charge in [-0.05, 0) is 36.6 Å². The van der Waals surface area contributed by atoms with Gasteiger partial charge in [0.05, 0.1) is 18.1 Å². The molecular weight excluding hydrogens is 418 g/mol. The highest BCUT2D eigenvalue weighted by molar-refractivity contribution is 7.89. The largest absolute Gasteiger partial charge is 0.379 e. The van der Waals surface area contributed by atoms with E-state index in [-0.39, 0.29) is 22.6 Å². The maximum atomic E-state index is 12.7. The van der Waals surface area contributed by atoms with E-state index in [0.29, 0.717) is 52.5 Å². The topological polar surface area (TPSA) is 87.2 Å². The molecule has 2 amide bonds. The number of piperazine rings is 1. The van der Waals surface area contributed by atoms with Gasteiger partial charge in [-0.2, -0.15) is 4.31 Å². The lowest BCUT2D eigenvalue weighted by atomic mass is 9.84. The van der Waals surface area contributed by atoms with Crippen molar-refractivity contribution in [3.05, 3.63) is 35.9 Å². The number of sulfonamides is 1. The van der Waals surface area contributed by atoms with Crippen LogP contribution in [0.3, 0.4) is 0 Å². The lowest BCUT2D eigenvalue weighted by Gasteiger charge is -2.37. The number of hydrogen-bond acceptors (Lipinski definition) is 5. The monoisotopic (exact) mass is 447 g/mol. The normalized spacial score (nSPS) is 21.3. The van der Waals surface area contributed by atoms with Crippen LogP contribution >= 0.6 is 0 Å². The average molecular weight is 448 g/mol. The molecule has 0 atom stereocenters. The Hall–Kier alpha value is -2.23. The number of morpholine rings is 1. The summed E-state index contributed by atoms with van der Waals surface area (Å²) < 4.78 is 32.0. The lowest BCUT2D eigenvalue weighted by Crippen LogP contribution is -2.52. The first-order valence-electron chi connectivity index (χ1n) is 10.9. The van der Waals surface area contributed by atoms with Gasteiger partial charge in [0.25, 0.3) is 0 Å². The molecule has 168 valence electrons. The van der Waals surface area contributed by atoms with Crippen molar-refractivity contribution < 1.29 is 22.7 Å². The van der Waals surface area contributed by atoms with Gasteiger partial charge in [0.1, 0.15) is 0 Å². The van der Waals surface area contributed by atoms with Crippen LogP contribution in [0, 0.1) is 5.92 Å². The number of benzene rings is 1. The molecule has 0 radical (unpaired) electrons. The number of nitrogens with zero attached hydrogens (tertiary/aromatic N) is 3. The van der Waals surface area contributed by atoms with Gasteiger partial charge in [-0.25, -0.2) is 8.42 Å². The number of carbonyl (C=O) groups is 2. The van der Waals surface area contributed by atoms with Gasteiger partial charge in [-0.3, -0.25) is 9.59 Å². The Morgan fingerprint density at radius 2 is 1.52 bits per heavy atom. The molecule has 0 bridgehead atoms. The molecule has 1 saturated carbocycles. The zero-order chi connectivity index (χ0) is 21.8. The standard InChI is InChI=1S/C22H29N3O5S/c26-21(23-10-12-24(13-11-23)22(27)19-2-1-3-19)9-6-18-4-7-20(8-5-18)31(28,29)25-14-16-30-17-15-25/h4-9,19H,1-3,10-17H2/b9-6+. The van der Waals surface area contributed by atoms with Crippen LogP contribution in [0.4, 0.5) is 0 Å². The fraction of sp³-hybridized carbons (Fsp3) is 0.545. The van der Waals surface area contributed by atoms with Crippen LogP contribution in [-0.2, 0) is 24.3 Å². The summed E-state index contributed by atoms with van der Waals surface area (Å²) in [5.74, 6) is 0.332. The van der Waals surface area contributed by atoms with Crippen LogP contribution in [-0.4, -0.2) is 86.8 Å². The fourth-order valence-corrected chi connectivity index (χ4v) is 5.43. The summed E-state index contributed by atoms with van der Waals surface area (Å²) in [6.45, 7) is 3.79. The Morgan fingerprint density at radius 3 is 2.10 bits per heavy atom. The molecule has 0 aromatic heterocycles. The van der Waals surface area contributed by atoms with Crippen LogP contribution in [0.25, 0.3) is 6.08 Å². The van der Waals surface area contributed by atoms with Gasteiger partial charge in [0, 0.05) is 51.3 Å². The zero-order valence-electron chi connectivity index (χ0n) is 17.6. The van der Waals surface area contributed by atoms with Crippen molar-refractivity contribution in [2.75, 3.05) is 52.5 Å². The molecule has 3 fully saturated rings. The van der Waals surface area contributed by atoms with Crippen molar-refractivity contribution in [1.82, 2.24) is 14.1 Å². The maximum Gasteiger partial charge on any atom is 0.246 e. The number of amides is 2. The molecule has 1 aromatic rings. The summed E-state index contributed by atoms with van der Waals surface area (Å²) in [5.41, 5.74) is 0.757. The Balaban J connectivity index is 1.30. The number of ether oxygens (including phenoxy) is 1. The van der Waals surface area contributed by atoms with E-state index in [4.69, 9.17) is 4.74 Å². The quantitative estimate of drug-likeness (QED) is 0.633. The molecule has 4 rings (SSSR count). The second kappa shape index (κ2) is 9.50. The Bertz CT molecular complexity index is 926. The highest BCUT2D eigenvalue weighted by atomic mass is 32.2. The Kier molecular flexibility index (Phi) is 6.74. The summed E-state index contributed by atoms with van der Waals surface area (Å²) in [5, 5.41) is 0. The van der Waals surface area contributed by atoms with Gasteiger partial charge < -0.3 is 14.5 Å². The van der Waals surface area contributed by atoms with Gasteiger partial charge in [-0.15, -0.1) is 0 Å². The van der Waals surface area contributed by atoms with Crippen molar-refractivity contribution in [2.45, 2.75) is 24.2 Å². The van der Waals surface area contributed by atoms with Crippen molar-refractivity contribution in [2.24, 2.45) is 5.92 Å². The van der Waals surface area contributed by atoms with Crippen LogP contribution in [0.15, 0.2) is 35.2 Å². The van der Waals surface area contributed by atoms with Crippen molar-refractivity contribution in [1.29, 1.82) is 0 Å². The summed E-state index contributed by atoms with van der Waals surface area (Å²) >= 11 is 0. The van der Waals surface area contributed by atoms with E-state index in [9.17, 15) is 18.0 Å². The van der Waals surface area contributed by atoms with E-state index >= 15 is 0 Å². The predicted octanol–water partition coefficient (Wildman–Crippen LogP) is 1.19. The van der Waals surface area contributed by atoms with Gasteiger partial charge in [0.2, 0.25) is 21.8 Å². The third-order valence-corrected chi connectivity index (χ3v) is 8.18. The van der Waals surface area contributed by atoms with Crippen LogP contribution in [0.2, 0.25) is 0 Å². The molecule has 3 aliphatic rings. The van der Waals surface area contributed by atoms with Crippen molar-refractivity contribution in [3.63, 3.8) is 0 Å². The summed E-state index contributed by atoms with van der Waals surface area (Å²) in [7, 11) is -3.52. The fourth-order valence-electron chi connectivity index (χ4n) is 4.02. The van der Waals surface area contributed by atoms with E-state index in [1.165, 1.54) is 10.4 Å². The molecule has 2 saturated heterocycles. The SMILES string of the molecule is O=C(/C=C/c1ccc(S(=O)(=O)N2CCOCC2)cc1)N1CCN(C(=O)C2CCC2)CC1. The van der Waals surface area contributed by atoms with Crippen LogP contribution < -0.4 is 0 Å². The Labute approximate surface area is 183 Å². The molecule has 0 unspecified atom stereocenters. The van der Waals surface area contributed by atoms with Gasteiger partial charge >= 0.3 is 0 Å². The highest BCUT2D eigenvalue weighted by Crippen LogP contribution is 2.28. The van der Waals surface area contributed by atoms with E-state index < -0.39 is 10.0 Å². The first kappa shape index (κ1) is 22.0. The minimum Gasteiger partial charge on any atom is -0.379 e. The molecule has 31 heavy (non-hydrogen) atoms. The van der Waals surface area contributed by atoms with Crippen molar-refractivity contribution in [3.8, 4) is 0 Å². The van der Waals surface area contributed by atoms with E-state index in [1.807, 2.05) is 4.90 Å². The number of carbonyl (C=O) groups excluding carboxylic acids is 2. The molecule has 1 aliphatic carbocycles. The van der Waals surface area contributed by atoms with Crippen LogP contribution in [0.1, 0.15) is 24.8 Å². The van der Waals surface area contributed by atoms with Crippen molar-refractivity contribution >= 4 is 27.9 Å². The van der Waals surface area contributed by atoms with Gasteiger partial charge in [0.15, 0.2) is 0 Å². The zero-order valence-corrected chi connectivity index (χ0v) is 18.4. The summed E-state index contributed by atoms with van der Waals surface area (Å²) in [4.78, 5) is 28.7. The molecule has 8 nitrogen and oxygen atoms in total. The third kappa shape index (κ3) is 4.99. The lowest BCUT2D eigenvalue weighted by molar-refractivity contribution is -0.142. The maximum absolute atomic E-state index is 12.7. The van der Waals surface area contributed by atoms with Crippen LogP contribution in [0.5, 0.6) is 0 Å². The second-order valence-electron chi connectivity index (χ2n) is 8.20. The predicted molar refractivity (Wildman–Crippen MR) is 116 cm³/mol. The van der Waals surface area contributed by atoms with E-state index in [2.05, 4.69) is 0 Å². The molecular formula is C22H29N3O5S. The minimum atomic E-state index is -3.52. The number of rotatable bonds is 5. The summed E-state index contributed by atoms with van der Waals surface area (Å²) in [6.07, 6.45) is 6.33. The summed E-state index contributed by atoms with van der Waals surface area (Å²) in [6, 6.07) is 6.54.